The molecule has 3 rings (SSSR count). The van der Waals surface area contributed by atoms with E-state index in [1.54, 1.807) is 38.4 Å². The van der Waals surface area contributed by atoms with Gasteiger partial charge in [-0.3, -0.25) is 18.8 Å². The lowest BCUT2D eigenvalue weighted by Gasteiger charge is -2.08. The second-order valence-electron chi connectivity index (χ2n) is 4.96. The van der Waals surface area contributed by atoms with Crippen LogP contribution in [-0.2, 0) is 18.4 Å². The van der Waals surface area contributed by atoms with Gasteiger partial charge in [-0.15, -0.1) is 0 Å². The molecule has 0 radical (unpaired) electrons. The van der Waals surface area contributed by atoms with E-state index in [1.807, 2.05) is 0 Å². The average molecular weight is 313 g/mol. The van der Waals surface area contributed by atoms with Crippen molar-refractivity contribution in [1.82, 2.24) is 19.3 Å². The van der Waals surface area contributed by atoms with Crippen LogP contribution in [0.15, 0.2) is 41.6 Å². The zero-order valence-electron chi connectivity index (χ0n) is 12.7. The van der Waals surface area contributed by atoms with Gasteiger partial charge in [-0.1, -0.05) is 0 Å². The lowest BCUT2D eigenvalue weighted by molar-refractivity contribution is -0.116. The minimum Gasteiger partial charge on any atom is -0.497 e. The molecule has 0 spiro atoms. The predicted octanol–water partition coefficient (Wildman–Crippen LogP) is 0.777. The maximum atomic E-state index is 12.3. The van der Waals surface area contributed by atoms with Gasteiger partial charge in [0.25, 0.3) is 5.56 Å². The third kappa shape index (κ3) is 2.91. The van der Waals surface area contributed by atoms with Crippen LogP contribution in [0, 0.1) is 0 Å². The molecule has 0 aliphatic rings. The number of fused-ring (bicyclic) bond motifs is 1. The molecule has 1 N–H and O–H groups in total. The molecule has 1 amide bonds. The zero-order valence-corrected chi connectivity index (χ0v) is 12.7. The summed E-state index contributed by atoms with van der Waals surface area (Å²) >= 11 is 0. The quantitative estimate of drug-likeness (QED) is 0.768. The van der Waals surface area contributed by atoms with E-state index in [1.165, 1.54) is 21.8 Å². The number of carbonyl (C=O) groups excluding carboxylic acids is 1. The van der Waals surface area contributed by atoms with Crippen molar-refractivity contribution in [2.75, 3.05) is 12.4 Å². The summed E-state index contributed by atoms with van der Waals surface area (Å²) in [7, 11) is 3.27. The molecule has 2 aromatic heterocycles. The Bertz CT molecular complexity index is 911. The molecule has 118 valence electrons. The number of carbonyl (C=O) groups is 1. The van der Waals surface area contributed by atoms with E-state index in [9.17, 15) is 9.59 Å². The fourth-order valence-electron chi connectivity index (χ4n) is 2.21. The topological polar surface area (TPSA) is 91.0 Å². The van der Waals surface area contributed by atoms with Crippen molar-refractivity contribution in [1.29, 1.82) is 0 Å². The monoisotopic (exact) mass is 313 g/mol. The minimum absolute atomic E-state index is 0.122. The van der Waals surface area contributed by atoms with Crippen LogP contribution < -0.4 is 15.6 Å². The molecular formula is C15H15N5O3. The highest BCUT2D eigenvalue weighted by Gasteiger charge is 2.11. The van der Waals surface area contributed by atoms with Gasteiger partial charge in [-0.2, -0.15) is 5.10 Å². The summed E-state index contributed by atoms with van der Waals surface area (Å²) in [6.07, 6.45) is 2.79. The molecule has 0 aliphatic heterocycles. The standard InChI is InChI=1S/C15H15N5O3/c1-19-14-12(7-17-19)15(22)20(9-16-14)8-13(21)18-10-3-5-11(23-2)6-4-10/h3-7,9H,8H2,1-2H3,(H,18,21). The summed E-state index contributed by atoms with van der Waals surface area (Å²) in [5.74, 6) is 0.382. The Morgan fingerprint density at radius 2 is 2.04 bits per heavy atom. The van der Waals surface area contributed by atoms with Crippen molar-refractivity contribution in [2.24, 2.45) is 7.05 Å². The number of methoxy groups -OCH3 is 1. The summed E-state index contributed by atoms with van der Waals surface area (Å²) in [5, 5.41) is 7.09. The van der Waals surface area contributed by atoms with Crippen LogP contribution in [-0.4, -0.2) is 32.3 Å². The van der Waals surface area contributed by atoms with E-state index >= 15 is 0 Å². The maximum absolute atomic E-state index is 12.3. The molecule has 2 heterocycles. The number of ether oxygens (including phenoxy) is 1. The Labute approximate surface area is 131 Å². The number of hydrogen-bond donors (Lipinski definition) is 1. The SMILES string of the molecule is COc1ccc(NC(=O)Cn2cnc3c(cnn3C)c2=O)cc1. The molecule has 0 atom stereocenters. The van der Waals surface area contributed by atoms with Crippen molar-refractivity contribution in [3.8, 4) is 5.75 Å². The van der Waals surface area contributed by atoms with E-state index < -0.39 is 0 Å². The Morgan fingerprint density at radius 1 is 1.30 bits per heavy atom. The van der Waals surface area contributed by atoms with Crippen LogP contribution in [0.2, 0.25) is 0 Å². The van der Waals surface area contributed by atoms with Crippen molar-refractivity contribution in [3.05, 3.63) is 47.1 Å². The Balaban J connectivity index is 1.77. The number of aryl methyl sites for hydroxylation is 1. The van der Waals surface area contributed by atoms with Crippen molar-refractivity contribution < 1.29 is 9.53 Å². The van der Waals surface area contributed by atoms with Gasteiger partial charge in [-0.05, 0) is 24.3 Å². The molecule has 0 bridgehead atoms. The number of hydrogen-bond acceptors (Lipinski definition) is 5. The number of nitrogens with zero attached hydrogens (tertiary/aromatic N) is 4. The van der Waals surface area contributed by atoms with Gasteiger partial charge in [0.2, 0.25) is 5.91 Å². The van der Waals surface area contributed by atoms with Crippen molar-refractivity contribution in [3.63, 3.8) is 0 Å². The largest absolute Gasteiger partial charge is 0.497 e. The lowest BCUT2D eigenvalue weighted by Crippen LogP contribution is -2.27. The van der Waals surface area contributed by atoms with Gasteiger partial charge in [0, 0.05) is 12.7 Å². The van der Waals surface area contributed by atoms with Gasteiger partial charge >= 0.3 is 0 Å². The average Bonchev–Trinajstić information content (AvgIpc) is 2.93. The molecule has 0 saturated carbocycles. The number of amides is 1. The van der Waals surface area contributed by atoms with E-state index in [2.05, 4.69) is 15.4 Å². The van der Waals surface area contributed by atoms with Crippen LogP contribution in [0.1, 0.15) is 0 Å². The number of nitrogens with one attached hydrogen (secondary N) is 1. The van der Waals surface area contributed by atoms with Crippen molar-refractivity contribution >= 4 is 22.6 Å². The fourth-order valence-corrected chi connectivity index (χ4v) is 2.21. The maximum Gasteiger partial charge on any atom is 0.264 e. The minimum atomic E-state index is -0.317. The summed E-state index contributed by atoms with van der Waals surface area (Å²) in [6.45, 7) is -0.122. The first kappa shape index (κ1) is 14.8. The first-order valence-electron chi connectivity index (χ1n) is 6.89. The van der Waals surface area contributed by atoms with E-state index in [0.717, 1.165) is 0 Å². The molecule has 0 fully saturated rings. The number of aromatic nitrogens is 4. The smallest absolute Gasteiger partial charge is 0.264 e. The Kier molecular flexibility index (Phi) is 3.80. The second kappa shape index (κ2) is 5.91. The molecule has 3 aromatic rings. The summed E-state index contributed by atoms with van der Waals surface area (Å²) in [6, 6.07) is 6.93. The summed E-state index contributed by atoms with van der Waals surface area (Å²) < 4.78 is 7.82. The normalized spacial score (nSPS) is 10.7. The molecule has 8 nitrogen and oxygen atoms in total. The predicted molar refractivity (Wildman–Crippen MR) is 84.4 cm³/mol. The highest BCUT2D eigenvalue weighted by molar-refractivity contribution is 5.90. The molecule has 0 aliphatic carbocycles. The first-order chi connectivity index (χ1) is 11.1. The number of anilines is 1. The Hall–Kier alpha value is -3.16. The first-order valence-corrected chi connectivity index (χ1v) is 6.89. The van der Waals surface area contributed by atoms with E-state index in [-0.39, 0.29) is 18.0 Å². The summed E-state index contributed by atoms with van der Waals surface area (Å²) in [5.41, 5.74) is 0.814. The third-order valence-corrected chi connectivity index (χ3v) is 3.41. The Morgan fingerprint density at radius 3 is 2.74 bits per heavy atom. The van der Waals surface area contributed by atoms with Gasteiger partial charge in [-0.25, -0.2) is 4.98 Å². The molecule has 0 saturated heterocycles. The van der Waals surface area contributed by atoms with Crippen LogP contribution in [0.3, 0.4) is 0 Å². The van der Waals surface area contributed by atoms with Crippen LogP contribution >= 0.6 is 0 Å². The third-order valence-electron chi connectivity index (χ3n) is 3.41. The number of benzene rings is 1. The second-order valence-corrected chi connectivity index (χ2v) is 4.96. The molecular weight excluding hydrogens is 298 g/mol. The van der Waals surface area contributed by atoms with Gasteiger partial charge in [0.15, 0.2) is 5.65 Å². The molecule has 0 unspecified atom stereocenters. The highest BCUT2D eigenvalue weighted by Crippen LogP contribution is 2.14. The lowest BCUT2D eigenvalue weighted by atomic mass is 10.3. The van der Waals surface area contributed by atoms with Crippen LogP contribution in [0.4, 0.5) is 5.69 Å². The van der Waals surface area contributed by atoms with Crippen LogP contribution in [0.5, 0.6) is 5.75 Å². The van der Waals surface area contributed by atoms with E-state index in [0.29, 0.717) is 22.5 Å². The molecule has 8 heteroatoms. The highest BCUT2D eigenvalue weighted by atomic mass is 16.5. The summed E-state index contributed by atoms with van der Waals surface area (Å²) in [4.78, 5) is 28.5. The van der Waals surface area contributed by atoms with Crippen molar-refractivity contribution in [2.45, 2.75) is 6.54 Å². The zero-order chi connectivity index (χ0) is 16.4. The van der Waals surface area contributed by atoms with E-state index in [4.69, 9.17) is 4.74 Å². The van der Waals surface area contributed by atoms with Gasteiger partial charge < -0.3 is 10.1 Å². The van der Waals surface area contributed by atoms with Crippen LogP contribution in [0.25, 0.3) is 11.0 Å². The molecule has 1 aromatic carbocycles. The number of rotatable bonds is 4. The fraction of sp³-hybridized carbons (Fsp3) is 0.200. The van der Waals surface area contributed by atoms with Gasteiger partial charge in [0.05, 0.1) is 13.3 Å². The molecule has 23 heavy (non-hydrogen) atoms. The van der Waals surface area contributed by atoms with Gasteiger partial charge in [0.1, 0.15) is 24.0 Å².